The maximum absolute atomic E-state index is 11.3. The minimum Gasteiger partial charge on any atom is -0.507 e. The van der Waals surface area contributed by atoms with Crippen molar-refractivity contribution in [3.63, 3.8) is 0 Å². The number of hydrogen-bond donors (Lipinski definition) is 1. The van der Waals surface area contributed by atoms with Crippen molar-refractivity contribution in [3.8, 4) is 67.5 Å². The zero-order valence-electron chi connectivity index (χ0n) is 28.8. The monoisotopic (exact) mass is 875 g/mol. The maximum atomic E-state index is 11.3. The Kier molecular flexibility index (Phi) is 8.49. The predicted molar refractivity (Wildman–Crippen MR) is 214 cm³/mol. The molecule has 10 aromatic rings. The zero-order valence-corrected chi connectivity index (χ0v) is 31.0. The van der Waals surface area contributed by atoms with E-state index in [1.807, 2.05) is 97.2 Å². The van der Waals surface area contributed by atoms with E-state index in [9.17, 15) is 5.11 Å². The first-order valence-corrected chi connectivity index (χ1v) is 17.6. The molecule has 5 nitrogen and oxygen atoms in total. The summed E-state index contributed by atoms with van der Waals surface area (Å²) in [5.74, 6) is 0.791. The number of benzene rings is 7. The van der Waals surface area contributed by atoms with Gasteiger partial charge in [-0.25, -0.2) is 4.98 Å². The summed E-state index contributed by atoms with van der Waals surface area (Å²) in [5, 5.41) is 13.2. The molecule has 0 amide bonds. The van der Waals surface area contributed by atoms with Crippen LogP contribution in [-0.2, 0) is 21.1 Å². The van der Waals surface area contributed by atoms with Crippen molar-refractivity contribution >= 4 is 33.0 Å². The van der Waals surface area contributed by atoms with Crippen molar-refractivity contribution in [2.24, 2.45) is 0 Å². The summed E-state index contributed by atoms with van der Waals surface area (Å²) < 4.78 is 8.71. The van der Waals surface area contributed by atoms with E-state index >= 15 is 0 Å². The normalized spacial score (nSPS) is 11.3. The van der Waals surface area contributed by atoms with E-state index in [1.165, 1.54) is 0 Å². The Labute approximate surface area is 326 Å². The number of aromatic hydroxyl groups is 1. The molecule has 0 aliphatic carbocycles. The SMILES string of the molecule is Oc1ccccc1-c1nc2c(-c3[c-]c(-c4cc(-c5ccccc5)ccn4)cc4oc5ccccc5c34)cccc2n1-c1ccccc1-c1ccccc1.[Pt]. The van der Waals surface area contributed by atoms with Crippen molar-refractivity contribution in [2.75, 3.05) is 0 Å². The van der Waals surface area contributed by atoms with Crippen LogP contribution < -0.4 is 0 Å². The Morgan fingerprint density at radius 2 is 1.26 bits per heavy atom. The zero-order chi connectivity index (χ0) is 35.3. The number of para-hydroxylation sites is 4. The second kappa shape index (κ2) is 13.8. The van der Waals surface area contributed by atoms with Crippen molar-refractivity contribution in [3.05, 3.63) is 182 Å². The van der Waals surface area contributed by atoms with Crippen molar-refractivity contribution in [2.45, 2.75) is 0 Å². The third-order valence-corrected chi connectivity index (χ3v) is 9.88. The Morgan fingerprint density at radius 3 is 2.07 bits per heavy atom. The van der Waals surface area contributed by atoms with Gasteiger partial charge in [0, 0.05) is 38.5 Å². The van der Waals surface area contributed by atoms with Gasteiger partial charge in [0.25, 0.3) is 0 Å². The van der Waals surface area contributed by atoms with Crippen molar-refractivity contribution in [1.82, 2.24) is 14.5 Å². The first-order valence-electron chi connectivity index (χ1n) is 17.6. The summed E-state index contributed by atoms with van der Waals surface area (Å²) in [6, 6.07) is 60.7. The molecule has 10 rings (SSSR count). The van der Waals surface area contributed by atoms with E-state index < -0.39 is 0 Å². The summed E-state index contributed by atoms with van der Waals surface area (Å²) in [6.07, 6.45) is 1.85. The first-order chi connectivity index (χ1) is 26.2. The number of aromatic nitrogens is 3. The number of furan rings is 1. The minimum absolute atomic E-state index is 0. The minimum atomic E-state index is 0. The van der Waals surface area contributed by atoms with Crippen molar-refractivity contribution in [1.29, 1.82) is 0 Å². The van der Waals surface area contributed by atoms with Gasteiger partial charge in [0.2, 0.25) is 0 Å². The molecule has 0 bridgehead atoms. The number of rotatable bonds is 6. The third-order valence-electron chi connectivity index (χ3n) is 9.88. The maximum Gasteiger partial charge on any atom is 0.148 e. The fourth-order valence-electron chi connectivity index (χ4n) is 7.43. The van der Waals surface area contributed by atoms with Gasteiger partial charge in [0.05, 0.1) is 27.9 Å². The summed E-state index contributed by atoms with van der Waals surface area (Å²) in [5.41, 5.74) is 12.5. The fourth-order valence-corrected chi connectivity index (χ4v) is 7.43. The largest absolute Gasteiger partial charge is 0.507 e. The molecule has 0 fully saturated rings. The molecule has 54 heavy (non-hydrogen) atoms. The molecule has 0 aliphatic rings. The molecule has 260 valence electrons. The molecule has 3 heterocycles. The Balaban J connectivity index is 0.00000384. The summed E-state index contributed by atoms with van der Waals surface area (Å²) >= 11 is 0. The number of phenolic OH excluding ortho intramolecular Hbond substituents is 1. The van der Waals surface area contributed by atoms with Crippen LogP contribution in [0.5, 0.6) is 5.75 Å². The van der Waals surface area contributed by atoms with Crippen LogP contribution >= 0.6 is 0 Å². The van der Waals surface area contributed by atoms with Gasteiger partial charge in [-0.15, -0.1) is 11.6 Å². The topological polar surface area (TPSA) is 64.1 Å². The summed E-state index contributed by atoms with van der Waals surface area (Å²) in [6.45, 7) is 0. The molecule has 0 radical (unpaired) electrons. The van der Waals surface area contributed by atoms with Gasteiger partial charge in [-0.3, -0.25) is 9.55 Å². The molecule has 6 heteroatoms. The van der Waals surface area contributed by atoms with Crippen LogP contribution in [0.4, 0.5) is 0 Å². The average molecular weight is 876 g/mol. The van der Waals surface area contributed by atoms with E-state index in [0.29, 0.717) is 11.4 Å². The standard InChI is InChI=1S/C48H30N3O2.Pt/c52-43-24-11-8-19-37(43)48-50-47-36(21-13-23-42(47)51(48)41-22-10-7-18-35(41)32-16-5-2-6-17-32)39-28-34(30-45-46(39)38-20-9-12-25-44(38)53-45)40-29-33(26-27-49-40)31-14-3-1-4-15-31;/h1-27,29-30,52H;/q-1;. The smallest absolute Gasteiger partial charge is 0.148 e. The number of phenols is 1. The predicted octanol–water partition coefficient (Wildman–Crippen LogP) is 12.2. The van der Waals surface area contributed by atoms with Crippen LogP contribution in [0.2, 0.25) is 0 Å². The second-order valence-electron chi connectivity index (χ2n) is 13.0. The molecule has 1 N–H and O–H groups in total. The Hall–Kier alpha value is -6.55. The van der Waals surface area contributed by atoms with Crippen LogP contribution in [0.15, 0.2) is 180 Å². The number of nitrogens with zero attached hydrogens (tertiary/aromatic N) is 3. The number of imidazole rings is 1. The van der Waals surface area contributed by atoms with Gasteiger partial charge in [-0.05, 0) is 63.9 Å². The Morgan fingerprint density at radius 1 is 0.574 bits per heavy atom. The van der Waals surface area contributed by atoms with E-state index in [0.717, 1.165) is 83.3 Å². The van der Waals surface area contributed by atoms with Gasteiger partial charge in [-0.2, -0.15) is 0 Å². The molecule has 0 saturated heterocycles. The van der Waals surface area contributed by atoms with Crippen LogP contribution in [0, 0.1) is 6.07 Å². The molecule has 0 saturated carbocycles. The van der Waals surface area contributed by atoms with Gasteiger partial charge >= 0.3 is 0 Å². The van der Waals surface area contributed by atoms with Gasteiger partial charge < -0.3 is 9.52 Å². The Bertz CT molecular complexity index is 2970. The molecule has 3 aromatic heterocycles. The van der Waals surface area contributed by atoms with E-state index in [-0.39, 0.29) is 26.8 Å². The second-order valence-corrected chi connectivity index (χ2v) is 13.0. The van der Waals surface area contributed by atoms with Crippen LogP contribution in [0.3, 0.4) is 0 Å². The van der Waals surface area contributed by atoms with Crippen LogP contribution in [-0.4, -0.2) is 19.6 Å². The summed E-state index contributed by atoms with van der Waals surface area (Å²) in [7, 11) is 0. The number of pyridine rings is 1. The van der Waals surface area contributed by atoms with Crippen LogP contribution in [0.1, 0.15) is 0 Å². The molecule has 0 atom stereocenters. The quantitative estimate of drug-likeness (QED) is 0.169. The molecule has 0 unspecified atom stereocenters. The van der Waals surface area contributed by atoms with Crippen LogP contribution in [0.25, 0.3) is 94.7 Å². The number of hydrogen-bond acceptors (Lipinski definition) is 4. The summed E-state index contributed by atoms with van der Waals surface area (Å²) in [4.78, 5) is 10.2. The van der Waals surface area contributed by atoms with Crippen molar-refractivity contribution < 1.29 is 30.6 Å². The fraction of sp³-hybridized carbons (Fsp3) is 0. The third kappa shape index (κ3) is 5.62. The van der Waals surface area contributed by atoms with Gasteiger partial charge in [-0.1, -0.05) is 145 Å². The first kappa shape index (κ1) is 33.3. The average Bonchev–Trinajstić information content (AvgIpc) is 3.80. The van der Waals surface area contributed by atoms with E-state index in [4.69, 9.17) is 14.4 Å². The van der Waals surface area contributed by atoms with Gasteiger partial charge in [0.1, 0.15) is 17.2 Å². The molecular formula is C48H30N3O2Pt-. The molecule has 7 aromatic carbocycles. The van der Waals surface area contributed by atoms with Gasteiger partial charge in [0.15, 0.2) is 0 Å². The van der Waals surface area contributed by atoms with E-state index in [2.05, 4.69) is 83.4 Å². The molecular weight excluding hydrogens is 846 g/mol. The number of fused-ring (bicyclic) bond motifs is 4. The molecule has 0 spiro atoms. The van der Waals surface area contributed by atoms with E-state index in [1.54, 1.807) is 6.07 Å². The molecule has 0 aliphatic heterocycles.